The van der Waals surface area contributed by atoms with E-state index in [4.69, 9.17) is 9.15 Å². The van der Waals surface area contributed by atoms with Crippen molar-refractivity contribution in [3.8, 4) is 0 Å². The third-order valence-corrected chi connectivity index (χ3v) is 4.74. The summed E-state index contributed by atoms with van der Waals surface area (Å²) in [5.41, 5.74) is 1.77. The molecule has 2 heterocycles. The van der Waals surface area contributed by atoms with E-state index in [1.165, 1.54) is 0 Å². The van der Waals surface area contributed by atoms with Gasteiger partial charge in [-0.2, -0.15) is 0 Å². The molecule has 0 radical (unpaired) electrons. The standard InChI is InChI=1S/C20H22N2O3/c23-19(21-7-8-22-9-11-24-12-10-22)13-16-14-25-18-6-5-15-3-1-2-4-17(15)20(16)18/h1-6,14H,7-13H2,(H,21,23). The fourth-order valence-electron chi connectivity index (χ4n) is 3.42. The normalized spacial score (nSPS) is 15.7. The summed E-state index contributed by atoms with van der Waals surface area (Å²) in [6, 6.07) is 12.2. The number of fused-ring (bicyclic) bond motifs is 3. The van der Waals surface area contributed by atoms with Crippen molar-refractivity contribution in [2.45, 2.75) is 6.42 Å². The number of carbonyl (C=O) groups excluding carboxylic acids is 1. The molecule has 0 saturated carbocycles. The molecule has 1 fully saturated rings. The van der Waals surface area contributed by atoms with Crippen molar-refractivity contribution in [2.75, 3.05) is 39.4 Å². The van der Waals surface area contributed by atoms with E-state index in [1.54, 1.807) is 6.26 Å². The van der Waals surface area contributed by atoms with Crippen LogP contribution < -0.4 is 5.32 Å². The molecule has 0 spiro atoms. The van der Waals surface area contributed by atoms with E-state index in [0.29, 0.717) is 13.0 Å². The first-order valence-corrected chi connectivity index (χ1v) is 8.76. The molecule has 1 aromatic heterocycles. The Labute approximate surface area is 146 Å². The van der Waals surface area contributed by atoms with E-state index in [-0.39, 0.29) is 5.91 Å². The number of furan rings is 1. The second-order valence-corrected chi connectivity index (χ2v) is 6.40. The number of ether oxygens (including phenoxy) is 1. The van der Waals surface area contributed by atoms with E-state index < -0.39 is 0 Å². The van der Waals surface area contributed by atoms with Gasteiger partial charge in [0, 0.05) is 37.1 Å². The lowest BCUT2D eigenvalue weighted by molar-refractivity contribution is -0.120. The molecular weight excluding hydrogens is 316 g/mol. The predicted molar refractivity (Wildman–Crippen MR) is 97.7 cm³/mol. The van der Waals surface area contributed by atoms with Crippen LogP contribution in [0.2, 0.25) is 0 Å². The van der Waals surface area contributed by atoms with Crippen molar-refractivity contribution in [1.29, 1.82) is 0 Å². The Morgan fingerprint density at radius 1 is 1.12 bits per heavy atom. The van der Waals surface area contributed by atoms with Crippen LogP contribution in [0.1, 0.15) is 5.56 Å². The number of carbonyl (C=O) groups is 1. The van der Waals surface area contributed by atoms with Crippen LogP contribution in [-0.2, 0) is 16.0 Å². The Morgan fingerprint density at radius 2 is 1.96 bits per heavy atom. The maximum Gasteiger partial charge on any atom is 0.224 e. The lowest BCUT2D eigenvalue weighted by Gasteiger charge is -2.26. The summed E-state index contributed by atoms with van der Waals surface area (Å²) in [4.78, 5) is 14.6. The zero-order chi connectivity index (χ0) is 17.1. The SMILES string of the molecule is O=C(Cc1coc2ccc3ccccc3c12)NCCN1CCOCC1. The minimum absolute atomic E-state index is 0.0314. The number of hydrogen-bond acceptors (Lipinski definition) is 4. The lowest BCUT2D eigenvalue weighted by atomic mass is 10.0. The maximum absolute atomic E-state index is 12.3. The molecule has 2 aromatic carbocycles. The van der Waals surface area contributed by atoms with Crippen LogP contribution in [0.15, 0.2) is 47.1 Å². The largest absolute Gasteiger partial charge is 0.464 e. The third-order valence-electron chi connectivity index (χ3n) is 4.74. The topological polar surface area (TPSA) is 54.7 Å². The highest BCUT2D eigenvalue weighted by atomic mass is 16.5. The molecule has 5 heteroatoms. The van der Waals surface area contributed by atoms with Crippen LogP contribution in [-0.4, -0.2) is 50.2 Å². The number of nitrogens with one attached hydrogen (secondary N) is 1. The van der Waals surface area contributed by atoms with Crippen molar-refractivity contribution in [3.05, 3.63) is 48.2 Å². The molecule has 130 valence electrons. The predicted octanol–water partition coefficient (Wildman–Crippen LogP) is 2.58. The van der Waals surface area contributed by atoms with Gasteiger partial charge in [0.15, 0.2) is 0 Å². The van der Waals surface area contributed by atoms with Gasteiger partial charge in [-0.25, -0.2) is 0 Å². The molecular formula is C20H22N2O3. The van der Waals surface area contributed by atoms with Gasteiger partial charge >= 0.3 is 0 Å². The second-order valence-electron chi connectivity index (χ2n) is 6.40. The molecule has 0 aliphatic carbocycles. The first-order chi connectivity index (χ1) is 12.3. The number of rotatable bonds is 5. The summed E-state index contributed by atoms with van der Waals surface area (Å²) < 4.78 is 11.0. The van der Waals surface area contributed by atoms with E-state index in [0.717, 1.165) is 60.2 Å². The third kappa shape index (κ3) is 3.52. The molecule has 1 saturated heterocycles. The minimum atomic E-state index is 0.0314. The van der Waals surface area contributed by atoms with Crippen LogP contribution >= 0.6 is 0 Å². The highest BCUT2D eigenvalue weighted by Gasteiger charge is 2.14. The molecule has 0 atom stereocenters. The average molecular weight is 338 g/mol. The molecule has 0 unspecified atom stereocenters. The second kappa shape index (κ2) is 7.25. The molecule has 1 amide bonds. The van der Waals surface area contributed by atoms with Gasteiger partial charge in [-0.3, -0.25) is 9.69 Å². The summed E-state index contributed by atoms with van der Waals surface area (Å²) >= 11 is 0. The lowest BCUT2D eigenvalue weighted by Crippen LogP contribution is -2.41. The number of nitrogens with zero attached hydrogens (tertiary/aromatic N) is 1. The molecule has 25 heavy (non-hydrogen) atoms. The Morgan fingerprint density at radius 3 is 2.84 bits per heavy atom. The smallest absolute Gasteiger partial charge is 0.224 e. The molecule has 3 aromatic rings. The van der Waals surface area contributed by atoms with Gasteiger partial charge in [0.25, 0.3) is 0 Å². The van der Waals surface area contributed by atoms with E-state index in [9.17, 15) is 4.79 Å². The van der Waals surface area contributed by atoms with Crippen molar-refractivity contribution in [1.82, 2.24) is 10.2 Å². The van der Waals surface area contributed by atoms with Crippen LogP contribution in [0.25, 0.3) is 21.7 Å². The molecule has 1 aliphatic heterocycles. The number of morpholine rings is 1. The van der Waals surface area contributed by atoms with Gasteiger partial charge in [-0.15, -0.1) is 0 Å². The first kappa shape index (κ1) is 16.1. The maximum atomic E-state index is 12.3. The van der Waals surface area contributed by atoms with Crippen LogP contribution in [0.3, 0.4) is 0 Å². The Kier molecular flexibility index (Phi) is 4.68. The zero-order valence-corrected chi connectivity index (χ0v) is 14.2. The van der Waals surface area contributed by atoms with Gasteiger partial charge in [0.05, 0.1) is 25.9 Å². The Bertz CT molecular complexity index is 881. The molecule has 4 rings (SSSR count). The molecule has 1 N–H and O–H groups in total. The Balaban J connectivity index is 1.43. The fourth-order valence-corrected chi connectivity index (χ4v) is 3.42. The number of amides is 1. The first-order valence-electron chi connectivity index (χ1n) is 8.76. The monoisotopic (exact) mass is 338 g/mol. The molecule has 0 bridgehead atoms. The minimum Gasteiger partial charge on any atom is -0.464 e. The summed E-state index contributed by atoms with van der Waals surface area (Å²) in [5, 5.41) is 6.35. The number of benzene rings is 2. The summed E-state index contributed by atoms with van der Waals surface area (Å²) in [5.74, 6) is 0.0314. The highest BCUT2D eigenvalue weighted by molar-refractivity contribution is 6.08. The highest BCUT2D eigenvalue weighted by Crippen LogP contribution is 2.30. The van der Waals surface area contributed by atoms with E-state index in [2.05, 4.69) is 22.3 Å². The van der Waals surface area contributed by atoms with E-state index >= 15 is 0 Å². The molecule has 1 aliphatic rings. The average Bonchev–Trinajstić information content (AvgIpc) is 3.06. The van der Waals surface area contributed by atoms with Gasteiger partial charge in [0.2, 0.25) is 5.91 Å². The van der Waals surface area contributed by atoms with Crippen molar-refractivity contribution >= 4 is 27.6 Å². The van der Waals surface area contributed by atoms with Crippen LogP contribution in [0.5, 0.6) is 0 Å². The van der Waals surface area contributed by atoms with Crippen molar-refractivity contribution in [2.24, 2.45) is 0 Å². The van der Waals surface area contributed by atoms with Crippen LogP contribution in [0, 0.1) is 0 Å². The quantitative estimate of drug-likeness (QED) is 0.777. The van der Waals surface area contributed by atoms with Gasteiger partial charge in [-0.1, -0.05) is 30.3 Å². The van der Waals surface area contributed by atoms with Crippen molar-refractivity contribution < 1.29 is 13.9 Å². The van der Waals surface area contributed by atoms with Gasteiger partial charge in [0.1, 0.15) is 5.58 Å². The summed E-state index contributed by atoms with van der Waals surface area (Å²) in [6.45, 7) is 4.96. The van der Waals surface area contributed by atoms with Gasteiger partial charge in [-0.05, 0) is 16.8 Å². The fraction of sp³-hybridized carbons (Fsp3) is 0.350. The Hall–Kier alpha value is -2.37. The zero-order valence-electron chi connectivity index (χ0n) is 14.2. The van der Waals surface area contributed by atoms with Gasteiger partial charge < -0.3 is 14.5 Å². The number of hydrogen-bond donors (Lipinski definition) is 1. The van der Waals surface area contributed by atoms with Crippen molar-refractivity contribution in [3.63, 3.8) is 0 Å². The molecule has 5 nitrogen and oxygen atoms in total. The summed E-state index contributed by atoms with van der Waals surface area (Å²) in [6.07, 6.45) is 2.04. The van der Waals surface area contributed by atoms with E-state index in [1.807, 2.05) is 24.3 Å². The van der Waals surface area contributed by atoms with Crippen LogP contribution in [0.4, 0.5) is 0 Å². The summed E-state index contributed by atoms with van der Waals surface area (Å²) in [7, 11) is 0.